The van der Waals surface area contributed by atoms with Gasteiger partial charge in [0, 0.05) is 11.1 Å². The van der Waals surface area contributed by atoms with Crippen LogP contribution >= 0.6 is 11.6 Å². The highest BCUT2D eigenvalue weighted by molar-refractivity contribution is 6.31. The molecule has 0 aliphatic heterocycles. The lowest BCUT2D eigenvalue weighted by molar-refractivity contribution is -0.115. The van der Waals surface area contributed by atoms with Gasteiger partial charge < -0.3 is 10.6 Å². The molecule has 0 fully saturated rings. The number of aromatic nitrogens is 2. The smallest absolute Gasteiger partial charge is 0.238 e. The van der Waals surface area contributed by atoms with Crippen LogP contribution in [0, 0.1) is 19.8 Å². The summed E-state index contributed by atoms with van der Waals surface area (Å²) < 4.78 is 0. The fourth-order valence-electron chi connectivity index (χ4n) is 2.55. The van der Waals surface area contributed by atoms with Crippen molar-refractivity contribution in [3.8, 4) is 0 Å². The number of carbonyl (C=O) groups is 1. The number of halogens is 1. The summed E-state index contributed by atoms with van der Waals surface area (Å²) in [5.74, 6) is 0.204. The largest absolute Gasteiger partial charge is 0.322 e. The number of nitrogens with one attached hydrogen (secondary N) is 3. The molecule has 1 amide bonds. The molecule has 0 spiro atoms. The van der Waals surface area contributed by atoms with E-state index >= 15 is 0 Å². The number of carbonyl (C=O) groups excluding carboxylic acids is 1. The number of rotatable bonds is 6. The number of amides is 1. The van der Waals surface area contributed by atoms with Crippen LogP contribution in [0.25, 0.3) is 0 Å². The standard InChI is InChI=1S/C17H23ClN4O/c1-10(2)16(13-7-5-6-8-14(13)18)19-9-15(23)20-17-11(3)21-22-12(17)4/h5-8,10,16,19H,9H2,1-4H3,(H,20,23)(H,21,22)/t16-/m1/s1. The van der Waals surface area contributed by atoms with E-state index < -0.39 is 0 Å². The van der Waals surface area contributed by atoms with E-state index in [-0.39, 0.29) is 18.5 Å². The van der Waals surface area contributed by atoms with Gasteiger partial charge in [0.1, 0.15) is 0 Å². The molecule has 0 saturated heterocycles. The van der Waals surface area contributed by atoms with Gasteiger partial charge in [0.15, 0.2) is 0 Å². The van der Waals surface area contributed by atoms with Crippen molar-refractivity contribution in [3.05, 3.63) is 46.2 Å². The Labute approximate surface area is 141 Å². The molecule has 124 valence electrons. The quantitative estimate of drug-likeness (QED) is 0.756. The third kappa shape index (κ3) is 4.33. The summed E-state index contributed by atoms with van der Waals surface area (Å²) in [5.41, 5.74) is 3.38. The van der Waals surface area contributed by atoms with E-state index in [0.29, 0.717) is 10.9 Å². The fraction of sp³-hybridized carbons (Fsp3) is 0.412. The van der Waals surface area contributed by atoms with Crippen LogP contribution in [0.5, 0.6) is 0 Å². The number of hydrogen-bond donors (Lipinski definition) is 3. The van der Waals surface area contributed by atoms with Gasteiger partial charge in [-0.25, -0.2) is 0 Å². The molecule has 2 aromatic rings. The number of aromatic amines is 1. The van der Waals surface area contributed by atoms with Gasteiger partial charge in [-0.2, -0.15) is 5.10 Å². The van der Waals surface area contributed by atoms with Gasteiger partial charge >= 0.3 is 0 Å². The molecule has 2 rings (SSSR count). The van der Waals surface area contributed by atoms with Gasteiger partial charge in [-0.05, 0) is 31.4 Å². The van der Waals surface area contributed by atoms with Crippen LogP contribution in [-0.4, -0.2) is 22.6 Å². The molecule has 0 radical (unpaired) electrons. The molecule has 3 N–H and O–H groups in total. The van der Waals surface area contributed by atoms with Crippen molar-refractivity contribution >= 4 is 23.2 Å². The summed E-state index contributed by atoms with van der Waals surface area (Å²) in [6.07, 6.45) is 0. The molecular weight excluding hydrogens is 312 g/mol. The Morgan fingerprint density at radius 3 is 2.57 bits per heavy atom. The average Bonchev–Trinajstić information content (AvgIpc) is 2.81. The molecule has 0 aliphatic carbocycles. The minimum atomic E-state index is -0.102. The van der Waals surface area contributed by atoms with E-state index in [1.54, 1.807) is 0 Å². The first-order valence-electron chi connectivity index (χ1n) is 7.69. The maximum absolute atomic E-state index is 12.2. The van der Waals surface area contributed by atoms with Crippen LogP contribution in [0.15, 0.2) is 24.3 Å². The molecule has 1 heterocycles. The molecule has 0 saturated carbocycles. The van der Waals surface area contributed by atoms with Crippen LogP contribution in [-0.2, 0) is 4.79 Å². The van der Waals surface area contributed by atoms with E-state index in [9.17, 15) is 4.79 Å². The lowest BCUT2D eigenvalue weighted by Gasteiger charge is -2.23. The Morgan fingerprint density at radius 2 is 2.00 bits per heavy atom. The number of aryl methyl sites for hydroxylation is 2. The Kier molecular flexibility index (Phi) is 5.80. The Bertz CT molecular complexity index is 661. The second-order valence-corrected chi connectivity index (χ2v) is 6.39. The number of hydrogen-bond acceptors (Lipinski definition) is 3. The summed E-state index contributed by atoms with van der Waals surface area (Å²) in [5, 5.41) is 13.8. The monoisotopic (exact) mass is 334 g/mol. The molecule has 1 aromatic heterocycles. The van der Waals surface area contributed by atoms with Crippen LogP contribution < -0.4 is 10.6 Å². The summed E-state index contributed by atoms with van der Waals surface area (Å²) in [7, 11) is 0. The van der Waals surface area contributed by atoms with Crippen molar-refractivity contribution in [1.29, 1.82) is 0 Å². The molecule has 1 atom stereocenters. The molecule has 0 aliphatic rings. The van der Waals surface area contributed by atoms with Gasteiger partial charge in [-0.1, -0.05) is 43.6 Å². The fourth-order valence-corrected chi connectivity index (χ4v) is 2.81. The van der Waals surface area contributed by atoms with Gasteiger partial charge in [0.2, 0.25) is 5.91 Å². The van der Waals surface area contributed by atoms with Crippen LogP contribution in [0.1, 0.15) is 36.8 Å². The number of H-pyrrole nitrogens is 1. The van der Waals surface area contributed by atoms with Crippen LogP contribution in [0.4, 0.5) is 5.69 Å². The van der Waals surface area contributed by atoms with E-state index in [0.717, 1.165) is 22.6 Å². The molecule has 23 heavy (non-hydrogen) atoms. The van der Waals surface area contributed by atoms with Crippen molar-refractivity contribution in [2.24, 2.45) is 5.92 Å². The highest BCUT2D eigenvalue weighted by atomic mass is 35.5. The van der Waals surface area contributed by atoms with Crippen molar-refractivity contribution in [2.75, 3.05) is 11.9 Å². The van der Waals surface area contributed by atoms with Gasteiger partial charge in [0.05, 0.1) is 23.6 Å². The second kappa shape index (κ2) is 7.62. The molecule has 0 bridgehead atoms. The lowest BCUT2D eigenvalue weighted by atomic mass is 9.96. The predicted molar refractivity (Wildman–Crippen MR) is 93.7 cm³/mol. The SMILES string of the molecule is Cc1n[nH]c(C)c1NC(=O)CN[C@@H](c1ccccc1Cl)C(C)C. The number of benzene rings is 1. The molecular formula is C17H23ClN4O. The topological polar surface area (TPSA) is 69.8 Å². The van der Waals surface area contributed by atoms with E-state index in [1.165, 1.54) is 0 Å². The van der Waals surface area contributed by atoms with E-state index in [4.69, 9.17) is 11.6 Å². The first kappa shape index (κ1) is 17.5. The Balaban J connectivity index is 2.02. The van der Waals surface area contributed by atoms with Crippen LogP contribution in [0.3, 0.4) is 0 Å². The minimum Gasteiger partial charge on any atom is -0.322 e. The highest BCUT2D eigenvalue weighted by Crippen LogP contribution is 2.27. The molecule has 6 heteroatoms. The zero-order chi connectivity index (χ0) is 17.0. The first-order chi connectivity index (χ1) is 10.9. The highest BCUT2D eigenvalue weighted by Gasteiger charge is 2.19. The third-order valence-corrected chi connectivity index (χ3v) is 4.13. The normalized spacial score (nSPS) is 12.4. The zero-order valence-corrected chi connectivity index (χ0v) is 14.7. The van der Waals surface area contributed by atoms with E-state index in [1.807, 2.05) is 38.1 Å². The zero-order valence-electron chi connectivity index (χ0n) is 13.9. The predicted octanol–water partition coefficient (Wildman–Crippen LogP) is 3.61. The summed E-state index contributed by atoms with van der Waals surface area (Å²) in [4.78, 5) is 12.2. The van der Waals surface area contributed by atoms with Crippen molar-refractivity contribution in [1.82, 2.24) is 15.5 Å². The number of nitrogens with zero attached hydrogens (tertiary/aromatic N) is 1. The minimum absolute atomic E-state index is 0.0148. The molecule has 1 aromatic carbocycles. The molecule has 5 nitrogen and oxygen atoms in total. The first-order valence-corrected chi connectivity index (χ1v) is 8.07. The van der Waals surface area contributed by atoms with Crippen molar-refractivity contribution in [2.45, 2.75) is 33.7 Å². The average molecular weight is 335 g/mol. The Hall–Kier alpha value is -1.85. The van der Waals surface area contributed by atoms with Crippen LogP contribution in [0.2, 0.25) is 5.02 Å². The van der Waals surface area contributed by atoms with Crippen molar-refractivity contribution < 1.29 is 4.79 Å². The summed E-state index contributed by atoms with van der Waals surface area (Å²) in [6.45, 7) is 8.14. The Morgan fingerprint density at radius 1 is 1.30 bits per heavy atom. The maximum Gasteiger partial charge on any atom is 0.238 e. The third-order valence-electron chi connectivity index (χ3n) is 3.78. The van der Waals surface area contributed by atoms with Gasteiger partial charge in [-0.15, -0.1) is 0 Å². The van der Waals surface area contributed by atoms with E-state index in [2.05, 4.69) is 34.7 Å². The maximum atomic E-state index is 12.2. The number of anilines is 1. The molecule has 0 unspecified atom stereocenters. The summed E-state index contributed by atoms with van der Waals surface area (Å²) >= 11 is 6.28. The van der Waals surface area contributed by atoms with Crippen molar-refractivity contribution in [3.63, 3.8) is 0 Å². The summed E-state index contributed by atoms with van der Waals surface area (Å²) in [6, 6.07) is 7.73. The van der Waals surface area contributed by atoms with Gasteiger partial charge in [0.25, 0.3) is 0 Å². The van der Waals surface area contributed by atoms with Gasteiger partial charge in [-0.3, -0.25) is 9.89 Å². The lowest BCUT2D eigenvalue weighted by Crippen LogP contribution is -2.34. The second-order valence-electron chi connectivity index (χ2n) is 5.98.